The zero-order valence-electron chi connectivity index (χ0n) is 8.01. The highest BCUT2D eigenvalue weighted by atomic mass is 16.3. The number of rotatable bonds is 3. The molecule has 1 aliphatic rings. The summed E-state index contributed by atoms with van der Waals surface area (Å²) in [6.45, 7) is 4.46. The first-order chi connectivity index (χ1) is 5.66. The Bertz CT molecular complexity index is 167. The van der Waals surface area contributed by atoms with Gasteiger partial charge in [-0.2, -0.15) is 0 Å². The van der Waals surface area contributed by atoms with Gasteiger partial charge in [0.05, 0.1) is 6.61 Å². The third-order valence-corrected chi connectivity index (χ3v) is 2.47. The Labute approximate surface area is 74.7 Å². The summed E-state index contributed by atoms with van der Waals surface area (Å²) >= 11 is 0. The summed E-state index contributed by atoms with van der Waals surface area (Å²) in [5, 5.41) is 12.3. The van der Waals surface area contributed by atoms with Crippen molar-refractivity contribution in [3.8, 4) is 0 Å². The third kappa shape index (κ3) is 2.61. The van der Waals surface area contributed by atoms with Gasteiger partial charge < -0.3 is 10.4 Å². The number of allylic oxidation sites excluding steroid dienone is 1. The van der Waals surface area contributed by atoms with E-state index in [4.69, 9.17) is 5.11 Å². The summed E-state index contributed by atoms with van der Waals surface area (Å²) in [7, 11) is 0. The second-order valence-electron chi connectivity index (χ2n) is 4.00. The Kier molecular flexibility index (Phi) is 3.29. The smallest absolute Gasteiger partial charge is 0.0582 e. The van der Waals surface area contributed by atoms with E-state index < -0.39 is 0 Å². The average Bonchev–Trinajstić information content (AvgIpc) is 2.05. The topological polar surface area (TPSA) is 32.3 Å². The van der Waals surface area contributed by atoms with Crippen LogP contribution in [0.2, 0.25) is 0 Å². The third-order valence-electron chi connectivity index (χ3n) is 2.47. The molecule has 1 rings (SSSR count). The van der Waals surface area contributed by atoms with E-state index >= 15 is 0 Å². The number of hydrogen-bond donors (Lipinski definition) is 2. The van der Waals surface area contributed by atoms with E-state index in [9.17, 15) is 0 Å². The van der Waals surface area contributed by atoms with E-state index in [2.05, 4.69) is 24.4 Å². The Hall–Kier alpha value is -0.340. The fourth-order valence-corrected chi connectivity index (χ4v) is 1.74. The van der Waals surface area contributed by atoms with Gasteiger partial charge in [-0.3, -0.25) is 0 Å². The van der Waals surface area contributed by atoms with Gasteiger partial charge in [-0.1, -0.05) is 12.2 Å². The van der Waals surface area contributed by atoms with E-state index in [-0.39, 0.29) is 18.2 Å². The first-order valence-electron chi connectivity index (χ1n) is 4.70. The van der Waals surface area contributed by atoms with Crippen molar-refractivity contribution >= 4 is 0 Å². The van der Waals surface area contributed by atoms with Gasteiger partial charge in [0.1, 0.15) is 0 Å². The Balaban J connectivity index is 2.42. The highest BCUT2D eigenvalue weighted by Gasteiger charge is 2.25. The van der Waals surface area contributed by atoms with E-state index in [0.29, 0.717) is 0 Å². The van der Waals surface area contributed by atoms with Crippen molar-refractivity contribution in [3.63, 3.8) is 0 Å². The lowest BCUT2D eigenvalue weighted by atomic mass is 9.87. The van der Waals surface area contributed by atoms with Gasteiger partial charge in [0.25, 0.3) is 0 Å². The molecule has 12 heavy (non-hydrogen) atoms. The van der Waals surface area contributed by atoms with E-state index in [1.54, 1.807) is 0 Å². The summed E-state index contributed by atoms with van der Waals surface area (Å²) in [4.78, 5) is 0. The maximum Gasteiger partial charge on any atom is 0.0582 e. The Morgan fingerprint density at radius 3 is 2.83 bits per heavy atom. The molecule has 2 heteroatoms. The molecule has 2 unspecified atom stereocenters. The lowest BCUT2D eigenvalue weighted by molar-refractivity contribution is 0.205. The first kappa shape index (κ1) is 9.75. The minimum atomic E-state index is 0.205. The number of aliphatic hydroxyl groups excluding tert-OH is 1. The molecule has 70 valence electrons. The molecule has 0 aromatic carbocycles. The molecule has 0 spiro atoms. The molecular formula is C10H19NO. The SMILES string of the molecule is CC(CO)NC1(C)CC=CCC1. The van der Waals surface area contributed by atoms with Crippen LogP contribution in [-0.4, -0.2) is 23.3 Å². The fraction of sp³-hybridized carbons (Fsp3) is 0.800. The molecule has 0 aromatic heterocycles. The van der Waals surface area contributed by atoms with Crippen LogP contribution in [0.1, 0.15) is 33.1 Å². The van der Waals surface area contributed by atoms with Crippen LogP contribution in [0, 0.1) is 0 Å². The number of nitrogens with one attached hydrogen (secondary N) is 1. The average molecular weight is 169 g/mol. The largest absolute Gasteiger partial charge is 0.395 e. The molecule has 2 atom stereocenters. The van der Waals surface area contributed by atoms with Crippen LogP contribution in [0.5, 0.6) is 0 Å². The molecule has 0 saturated carbocycles. The summed E-state index contributed by atoms with van der Waals surface area (Å²) in [5.74, 6) is 0. The quantitative estimate of drug-likeness (QED) is 0.627. The van der Waals surface area contributed by atoms with Crippen molar-refractivity contribution < 1.29 is 5.11 Å². The lowest BCUT2D eigenvalue weighted by Gasteiger charge is -2.34. The van der Waals surface area contributed by atoms with Crippen LogP contribution < -0.4 is 5.32 Å². The number of hydrogen-bond acceptors (Lipinski definition) is 2. The molecule has 0 aliphatic heterocycles. The first-order valence-corrected chi connectivity index (χ1v) is 4.70. The Morgan fingerprint density at radius 2 is 2.33 bits per heavy atom. The van der Waals surface area contributed by atoms with E-state index in [0.717, 1.165) is 12.8 Å². The molecule has 2 N–H and O–H groups in total. The maximum atomic E-state index is 8.90. The second kappa shape index (κ2) is 4.06. The summed E-state index contributed by atoms with van der Waals surface area (Å²) in [5.41, 5.74) is 0.205. The molecule has 0 fully saturated rings. The molecule has 0 saturated heterocycles. The van der Waals surface area contributed by atoms with Crippen molar-refractivity contribution in [3.05, 3.63) is 12.2 Å². The van der Waals surface area contributed by atoms with Crippen LogP contribution in [-0.2, 0) is 0 Å². The predicted molar refractivity (Wildman–Crippen MR) is 51.1 cm³/mol. The van der Waals surface area contributed by atoms with Gasteiger partial charge in [-0.05, 0) is 33.1 Å². The minimum Gasteiger partial charge on any atom is -0.395 e. The van der Waals surface area contributed by atoms with Crippen LogP contribution >= 0.6 is 0 Å². The molecule has 0 aromatic rings. The summed E-state index contributed by atoms with van der Waals surface area (Å²) in [6.07, 6.45) is 7.86. The van der Waals surface area contributed by atoms with Crippen LogP contribution in [0.4, 0.5) is 0 Å². The maximum absolute atomic E-state index is 8.90. The molecule has 0 amide bonds. The molecular weight excluding hydrogens is 150 g/mol. The van der Waals surface area contributed by atoms with Crippen LogP contribution in [0.3, 0.4) is 0 Å². The van der Waals surface area contributed by atoms with Crippen LogP contribution in [0.25, 0.3) is 0 Å². The summed E-state index contributed by atoms with van der Waals surface area (Å²) < 4.78 is 0. The van der Waals surface area contributed by atoms with Gasteiger partial charge in [0, 0.05) is 11.6 Å². The van der Waals surface area contributed by atoms with Crippen molar-refractivity contribution in [1.82, 2.24) is 5.32 Å². The van der Waals surface area contributed by atoms with Crippen molar-refractivity contribution in [2.24, 2.45) is 0 Å². The zero-order chi connectivity index (χ0) is 9.03. The monoisotopic (exact) mass is 169 g/mol. The zero-order valence-corrected chi connectivity index (χ0v) is 8.01. The van der Waals surface area contributed by atoms with Gasteiger partial charge in [-0.25, -0.2) is 0 Å². The predicted octanol–water partition coefficient (Wildman–Crippen LogP) is 1.46. The van der Waals surface area contributed by atoms with Gasteiger partial charge >= 0.3 is 0 Å². The van der Waals surface area contributed by atoms with E-state index in [1.807, 2.05) is 6.92 Å². The standard InChI is InChI=1S/C10H19NO/c1-9(8-12)11-10(2)6-4-3-5-7-10/h3-4,9,11-12H,5-8H2,1-2H3. The molecule has 0 bridgehead atoms. The van der Waals surface area contributed by atoms with E-state index in [1.165, 1.54) is 6.42 Å². The summed E-state index contributed by atoms with van der Waals surface area (Å²) in [6, 6.07) is 0.210. The number of aliphatic hydroxyl groups is 1. The highest BCUT2D eigenvalue weighted by Crippen LogP contribution is 2.23. The van der Waals surface area contributed by atoms with Gasteiger partial charge in [0.2, 0.25) is 0 Å². The van der Waals surface area contributed by atoms with Crippen LogP contribution in [0.15, 0.2) is 12.2 Å². The second-order valence-corrected chi connectivity index (χ2v) is 4.00. The molecule has 0 radical (unpaired) electrons. The van der Waals surface area contributed by atoms with Gasteiger partial charge in [0.15, 0.2) is 0 Å². The van der Waals surface area contributed by atoms with Crippen molar-refractivity contribution in [1.29, 1.82) is 0 Å². The molecule has 2 nitrogen and oxygen atoms in total. The normalized spacial score (nSPS) is 31.9. The molecule has 0 heterocycles. The lowest BCUT2D eigenvalue weighted by Crippen LogP contribution is -2.48. The molecule has 1 aliphatic carbocycles. The van der Waals surface area contributed by atoms with Crippen molar-refractivity contribution in [2.75, 3.05) is 6.61 Å². The van der Waals surface area contributed by atoms with Gasteiger partial charge in [-0.15, -0.1) is 0 Å². The van der Waals surface area contributed by atoms with Crippen molar-refractivity contribution in [2.45, 2.75) is 44.7 Å². The fourth-order valence-electron chi connectivity index (χ4n) is 1.74. The minimum absolute atomic E-state index is 0.205. The highest BCUT2D eigenvalue weighted by molar-refractivity contribution is 5.01. The Morgan fingerprint density at radius 1 is 1.58 bits per heavy atom.